The summed E-state index contributed by atoms with van der Waals surface area (Å²) in [5.41, 5.74) is 3.95. The van der Waals surface area contributed by atoms with E-state index in [4.69, 9.17) is 14.8 Å². The summed E-state index contributed by atoms with van der Waals surface area (Å²) >= 11 is 1.58. The predicted molar refractivity (Wildman–Crippen MR) is 139 cm³/mol. The molecule has 2 atom stereocenters. The predicted octanol–water partition coefficient (Wildman–Crippen LogP) is 6.35. The second-order valence-electron chi connectivity index (χ2n) is 9.49. The molecule has 5 rings (SSSR count). The summed E-state index contributed by atoms with van der Waals surface area (Å²) in [5.74, 6) is -0.838. The molecule has 1 fully saturated rings. The van der Waals surface area contributed by atoms with Gasteiger partial charge in [-0.3, -0.25) is 9.78 Å². The van der Waals surface area contributed by atoms with Crippen molar-refractivity contribution in [1.82, 2.24) is 9.97 Å². The zero-order valence-electron chi connectivity index (χ0n) is 19.7. The van der Waals surface area contributed by atoms with Crippen LogP contribution in [-0.2, 0) is 34.4 Å². The number of carboxylic acid groups (broad SMARTS) is 1. The second-order valence-corrected chi connectivity index (χ2v) is 10.4. The number of nitrogens with zero attached hydrogens (tertiary/aromatic N) is 2. The smallest absolute Gasteiger partial charge is 0.309 e. The van der Waals surface area contributed by atoms with Crippen LogP contribution in [-0.4, -0.2) is 27.1 Å². The largest absolute Gasteiger partial charge is 0.481 e. The number of hydrogen-bond acceptors (Lipinski definition) is 5. The summed E-state index contributed by atoms with van der Waals surface area (Å²) in [4.78, 5) is 20.5. The van der Waals surface area contributed by atoms with Gasteiger partial charge in [0.05, 0.1) is 41.0 Å². The van der Waals surface area contributed by atoms with Crippen LogP contribution in [0.3, 0.4) is 0 Å². The van der Waals surface area contributed by atoms with Gasteiger partial charge in [0.25, 0.3) is 0 Å². The van der Waals surface area contributed by atoms with E-state index in [9.17, 15) is 4.79 Å². The van der Waals surface area contributed by atoms with Gasteiger partial charge in [0.1, 0.15) is 0 Å². The molecule has 4 aromatic rings. The first-order valence-electron chi connectivity index (χ1n) is 12.3. The highest BCUT2D eigenvalue weighted by Gasteiger charge is 2.36. The molecule has 1 N–H and O–H groups in total. The Hall–Kier alpha value is -3.09. The third-order valence-corrected chi connectivity index (χ3v) is 7.95. The number of pyridine rings is 1. The lowest BCUT2D eigenvalue weighted by atomic mass is 9.72. The molecule has 6 heteroatoms. The fourth-order valence-electron chi connectivity index (χ4n) is 5.25. The number of hydrogen-bond donors (Lipinski definition) is 1. The number of thiazole rings is 1. The van der Waals surface area contributed by atoms with Crippen LogP contribution in [0.25, 0.3) is 10.9 Å². The van der Waals surface area contributed by atoms with Crippen molar-refractivity contribution in [2.75, 3.05) is 0 Å². The highest BCUT2D eigenvalue weighted by atomic mass is 32.1. The highest BCUT2D eigenvalue weighted by Crippen LogP contribution is 2.42. The molecule has 2 aromatic carbocycles. The zero-order chi connectivity index (χ0) is 24.1. The van der Waals surface area contributed by atoms with Crippen molar-refractivity contribution in [2.45, 2.75) is 63.1 Å². The van der Waals surface area contributed by atoms with Crippen LogP contribution in [0.5, 0.6) is 0 Å². The van der Waals surface area contributed by atoms with Gasteiger partial charge in [-0.15, -0.1) is 11.3 Å². The number of rotatable bonds is 8. The second kappa shape index (κ2) is 10.7. The number of para-hydroxylation sites is 1. The molecule has 0 bridgehead atoms. The van der Waals surface area contributed by atoms with Crippen molar-refractivity contribution in [3.8, 4) is 0 Å². The average Bonchev–Trinajstić information content (AvgIpc) is 3.19. The van der Waals surface area contributed by atoms with E-state index in [2.05, 4.69) is 53.5 Å². The molecule has 1 aliphatic rings. The van der Waals surface area contributed by atoms with Gasteiger partial charge >= 0.3 is 5.97 Å². The Morgan fingerprint density at radius 3 is 2.66 bits per heavy atom. The summed E-state index contributed by atoms with van der Waals surface area (Å²) in [7, 11) is 0. The summed E-state index contributed by atoms with van der Waals surface area (Å²) in [6.07, 6.45) is 6.19. The minimum absolute atomic E-state index is 0.0150. The molecule has 2 unspecified atom stereocenters. The van der Waals surface area contributed by atoms with E-state index in [-0.39, 0.29) is 17.9 Å². The van der Waals surface area contributed by atoms with Gasteiger partial charge in [0.15, 0.2) is 0 Å². The number of fused-ring (bicyclic) bond motifs is 1. The topological polar surface area (TPSA) is 72.3 Å². The third-order valence-electron chi connectivity index (χ3n) is 7.06. The van der Waals surface area contributed by atoms with Gasteiger partial charge in [-0.25, -0.2) is 4.98 Å². The average molecular weight is 487 g/mol. The minimum Gasteiger partial charge on any atom is -0.481 e. The maximum absolute atomic E-state index is 11.1. The molecule has 0 saturated heterocycles. The van der Waals surface area contributed by atoms with Crippen LogP contribution in [0.4, 0.5) is 0 Å². The lowest BCUT2D eigenvalue weighted by Gasteiger charge is -2.33. The minimum atomic E-state index is -0.838. The fraction of sp³-hybridized carbons (Fsp3) is 0.345. The van der Waals surface area contributed by atoms with Gasteiger partial charge in [0, 0.05) is 22.6 Å². The Balaban J connectivity index is 1.29. The van der Waals surface area contributed by atoms with Crippen molar-refractivity contribution in [2.24, 2.45) is 0 Å². The Labute approximate surface area is 209 Å². The first-order valence-corrected chi connectivity index (χ1v) is 13.1. The number of aliphatic carboxylic acids is 1. The molecule has 2 aromatic heterocycles. The molecule has 5 nitrogen and oxygen atoms in total. The van der Waals surface area contributed by atoms with Gasteiger partial charge in [-0.1, -0.05) is 54.6 Å². The van der Waals surface area contributed by atoms with Crippen molar-refractivity contribution in [3.63, 3.8) is 0 Å². The van der Waals surface area contributed by atoms with Gasteiger partial charge in [-0.2, -0.15) is 0 Å². The molecular formula is C29H30N2O3S. The lowest BCUT2D eigenvalue weighted by molar-refractivity contribution is -0.136. The monoisotopic (exact) mass is 486 g/mol. The highest BCUT2D eigenvalue weighted by molar-refractivity contribution is 7.09. The van der Waals surface area contributed by atoms with E-state index in [1.165, 1.54) is 5.56 Å². The Kier molecular flexibility index (Phi) is 7.21. The quantitative estimate of drug-likeness (QED) is 0.294. The van der Waals surface area contributed by atoms with Crippen LogP contribution in [0.2, 0.25) is 0 Å². The molecule has 2 heterocycles. The molecule has 0 radical (unpaired) electrons. The standard InChI is InChI=1S/C29H30N2O3S/c32-28(33)17-24-20-35-27(31-24)18-29(22-8-2-1-3-9-22)15-6-10-25(14-16-29)34-19-23-13-12-21-7-4-5-11-26(21)30-23/h1-5,7-9,11-13,20,25H,6,10,14-19H2,(H,32,33). The lowest BCUT2D eigenvalue weighted by Crippen LogP contribution is -2.29. The molecule has 0 aliphatic heterocycles. The van der Waals surface area contributed by atoms with Crippen LogP contribution >= 0.6 is 11.3 Å². The van der Waals surface area contributed by atoms with Crippen LogP contribution in [0.1, 0.15) is 54.1 Å². The summed E-state index contributed by atoms with van der Waals surface area (Å²) < 4.78 is 6.38. The SMILES string of the molecule is O=C(O)Cc1csc(CC2(c3ccccc3)CCCC(OCc3ccc4ccccc4n3)CC2)n1. The van der Waals surface area contributed by atoms with E-state index in [0.29, 0.717) is 12.3 Å². The first kappa shape index (κ1) is 23.6. The fourth-order valence-corrected chi connectivity index (χ4v) is 6.19. The Morgan fingerprint density at radius 2 is 1.80 bits per heavy atom. The van der Waals surface area contributed by atoms with Crippen molar-refractivity contribution in [3.05, 3.63) is 94.1 Å². The van der Waals surface area contributed by atoms with E-state index in [1.807, 2.05) is 23.6 Å². The number of carbonyl (C=O) groups is 1. The summed E-state index contributed by atoms with van der Waals surface area (Å²) in [6, 6.07) is 23.1. The zero-order valence-corrected chi connectivity index (χ0v) is 20.5. The van der Waals surface area contributed by atoms with Gasteiger partial charge in [-0.05, 0) is 49.8 Å². The molecule has 180 valence electrons. The number of benzene rings is 2. The molecule has 0 spiro atoms. The molecule has 35 heavy (non-hydrogen) atoms. The first-order chi connectivity index (χ1) is 17.1. The summed E-state index contributed by atoms with van der Waals surface area (Å²) in [6.45, 7) is 0.527. The van der Waals surface area contributed by atoms with Crippen LogP contribution in [0.15, 0.2) is 72.1 Å². The normalized spacial score (nSPS) is 20.5. The van der Waals surface area contributed by atoms with E-state index >= 15 is 0 Å². The molecule has 0 amide bonds. The molecular weight excluding hydrogens is 456 g/mol. The van der Waals surface area contributed by atoms with Gasteiger partial charge < -0.3 is 9.84 Å². The van der Waals surface area contributed by atoms with Crippen molar-refractivity contribution < 1.29 is 14.6 Å². The Bertz CT molecular complexity index is 1290. The van der Waals surface area contributed by atoms with Crippen molar-refractivity contribution >= 4 is 28.2 Å². The number of aromatic nitrogens is 2. The number of carboxylic acids is 1. The molecule has 1 aliphatic carbocycles. The summed E-state index contributed by atoms with van der Waals surface area (Å²) in [5, 5.41) is 13.2. The maximum atomic E-state index is 11.1. The molecule has 1 saturated carbocycles. The van der Waals surface area contributed by atoms with Crippen LogP contribution < -0.4 is 0 Å². The van der Waals surface area contributed by atoms with E-state index < -0.39 is 5.97 Å². The van der Waals surface area contributed by atoms with Crippen molar-refractivity contribution in [1.29, 1.82) is 0 Å². The van der Waals surface area contributed by atoms with E-state index in [0.717, 1.165) is 60.1 Å². The van der Waals surface area contributed by atoms with E-state index in [1.54, 1.807) is 11.3 Å². The number of ether oxygens (including phenoxy) is 1. The third kappa shape index (κ3) is 5.77. The maximum Gasteiger partial charge on any atom is 0.309 e. The Morgan fingerprint density at radius 1 is 0.971 bits per heavy atom. The van der Waals surface area contributed by atoms with Crippen LogP contribution in [0, 0.1) is 0 Å². The van der Waals surface area contributed by atoms with Gasteiger partial charge in [0.2, 0.25) is 0 Å².